The number of alkyl carbamates (subject to hydrolysis) is 1. The van der Waals surface area contributed by atoms with Gasteiger partial charge in [0.1, 0.15) is 11.9 Å². The van der Waals surface area contributed by atoms with Gasteiger partial charge >= 0.3 is 6.09 Å². The van der Waals surface area contributed by atoms with Crippen LogP contribution in [-0.4, -0.2) is 94.8 Å². The third kappa shape index (κ3) is 5.65. The lowest BCUT2D eigenvalue weighted by Gasteiger charge is -2.34. The summed E-state index contributed by atoms with van der Waals surface area (Å²) in [6, 6.07) is 7.88. The van der Waals surface area contributed by atoms with Crippen LogP contribution in [0.25, 0.3) is 17.0 Å². The van der Waals surface area contributed by atoms with Gasteiger partial charge in [-0.25, -0.2) is 9.78 Å². The monoisotopic (exact) mass is 496 g/mol. The molecule has 1 aromatic carbocycles. The minimum atomic E-state index is -0.557. The first-order chi connectivity index (χ1) is 17.4. The van der Waals surface area contributed by atoms with E-state index in [9.17, 15) is 4.79 Å². The first kappa shape index (κ1) is 24.2. The van der Waals surface area contributed by atoms with Crippen molar-refractivity contribution in [2.75, 3.05) is 62.3 Å². The van der Waals surface area contributed by atoms with Crippen LogP contribution in [0.4, 0.5) is 16.7 Å². The van der Waals surface area contributed by atoms with Crippen molar-refractivity contribution >= 4 is 29.0 Å². The predicted octanol–water partition coefficient (Wildman–Crippen LogP) is 1.78. The molecule has 2 aliphatic heterocycles. The first-order valence-corrected chi connectivity index (χ1v) is 12.2. The number of fused-ring (bicyclic) bond motifs is 1. The third-order valence-corrected chi connectivity index (χ3v) is 5.86. The van der Waals surface area contributed by atoms with Crippen molar-refractivity contribution in [2.45, 2.75) is 32.5 Å². The van der Waals surface area contributed by atoms with E-state index < -0.39 is 11.7 Å². The van der Waals surface area contributed by atoms with Crippen LogP contribution in [0.2, 0.25) is 0 Å². The number of benzene rings is 1. The molecule has 12 heteroatoms. The number of hydrogen-bond donors (Lipinski definition) is 1. The molecule has 0 spiro atoms. The van der Waals surface area contributed by atoms with E-state index in [1.807, 2.05) is 49.6 Å². The summed E-state index contributed by atoms with van der Waals surface area (Å²) in [6.45, 7) is 10.1. The molecule has 3 aromatic rings. The number of ether oxygens (including phenoxy) is 3. The molecular formula is C24H32N8O4. The van der Waals surface area contributed by atoms with Gasteiger partial charge < -0.3 is 29.3 Å². The average Bonchev–Trinajstić information content (AvgIpc) is 3.31. The molecule has 2 fully saturated rings. The molecule has 2 aliphatic rings. The Kier molecular flexibility index (Phi) is 6.88. The highest BCUT2D eigenvalue weighted by Crippen LogP contribution is 2.22. The van der Waals surface area contributed by atoms with Crippen molar-refractivity contribution in [1.29, 1.82) is 0 Å². The maximum Gasteiger partial charge on any atom is 0.407 e. The van der Waals surface area contributed by atoms with E-state index in [-0.39, 0.29) is 6.10 Å². The SMILES string of the molecule is CC(C)(C)OC(=O)NCC1CN(c2nc(N3CCOCC3)nc(-n3cnc4ccccc43)n2)CCO1. The highest BCUT2D eigenvalue weighted by atomic mass is 16.6. The molecule has 0 radical (unpaired) electrons. The summed E-state index contributed by atoms with van der Waals surface area (Å²) in [5, 5.41) is 2.80. The highest BCUT2D eigenvalue weighted by molar-refractivity contribution is 5.76. The summed E-state index contributed by atoms with van der Waals surface area (Å²) >= 11 is 0. The predicted molar refractivity (Wildman–Crippen MR) is 134 cm³/mol. The zero-order chi connectivity index (χ0) is 25.1. The Hall–Kier alpha value is -3.51. The lowest BCUT2D eigenvalue weighted by molar-refractivity contribution is 0.0279. The molecule has 5 rings (SSSR count). The van der Waals surface area contributed by atoms with Crippen LogP contribution in [0, 0.1) is 0 Å². The van der Waals surface area contributed by atoms with Crippen LogP contribution in [0.1, 0.15) is 20.8 Å². The summed E-state index contributed by atoms with van der Waals surface area (Å²) < 4.78 is 18.6. The van der Waals surface area contributed by atoms with Gasteiger partial charge in [-0.3, -0.25) is 4.57 Å². The molecule has 4 heterocycles. The summed E-state index contributed by atoms with van der Waals surface area (Å²) in [7, 11) is 0. The fraction of sp³-hybridized carbons (Fsp3) is 0.542. The quantitative estimate of drug-likeness (QED) is 0.560. The van der Waals surface area contributed by atoms with Crippen molar-refractivity contribution in [3.63, 3.8) is 0 Å². The molecule has 1 atom stereocenters. The molecule has 1 unspecified atom stereocenters. The van der Waals surface area contributed by atoms with E-state index in [4.69, 9.17) is 29.2 Å². The van der Waals surface area contributed by atoms with Crippen LogP contribution in [-0.2, 0) is 14.2 Å². The number of aromatic nitrogens is 5. The highest BCUT2D eigenvalue weighted by Gasteiger charge is 2.26. The van der Waals surface area contributed by atoms with Gasteiger partial charge in [0.05, 0.1) is 37.0 Å². The van der Waals surface area contributed by atoms with Crippen LogP contribution >= 0.6 is 0 Å². The number of amides is 1. The number of rotatable bonds is 5. The Morgan fingerprint density at radius 1 is 1.03 bits per heavy atom. The Labute approximate surface area is 209 Å². The largest absolute Gasteiger partial charge is 0.444 e. The van der Waals surface area contributed by atoms with E-state index in [2.05, 4.69) is 20.1 Å². The number of nitrogens with one attached hydrogen (secondary N) is 1. The zero-order valence-corrected chi connectivity index (χ0v) is 20.9. The van der Waals surface area contributed by atoms with Crippen molar-refractivity contribution in [3.8, 4) is 5.95 Å². The number of imidazole rings is 1. The molecule has 0 bridgehead atoms. The van der Waals surface area contributed by atoms with Gasteiger partial charge in [-0.1, -0.05) is 12.1 Å². The smallest absolute Gasteiger partial charge is 0.407 e. The topological polar surface area (TPSA) is 120 Å². The van der Waals surface area contributed by atoms with E-state index in [1.54, 1.807) is 6.33 Å². The minimum Gasteiger partial charge on any atom is -0.444 e. The van der Waals surface area contributed by atoms with Crippen molar-refractivity contribution in [3.05, 3.63) is 30.6 Å². The summed E-state index contributed by atoms with van der Waals surface area (Å²) in [5.41, 5.74) is 1.23. The average molecular weight is 497 g/mol. The molecule has 0 saturated carbocycles. The van der Waals surface area contributed by atoms with E-state index in [0.29, 0.717) is 70.4 Å². The number of nitrogens with zero attached hydrogens (tertiary/aromatic N) is 7. The number of anilines is 2. The second-order valence-corrected chi connectivity index (χ2v) is 9.76. The molecule has 36 heavy (non-hydrogen) atoms. The normalized spacial score (nSPS) is 18.9. The van der Waals surface area contributed by atoms with Crippen LogP contribution in [0.5, 0.6) is 0 Å². The summed E-state index contributed by atoms with van der Waals surface area (Å²) in [4.78, 5) is 35.2. The Morgan fingerprint density at radius 2 is 1.72 bits per heavy atom. The lowest BCUT2D eigenvalue weighted by atomic mass is 10.2. The molecular weight excluding hydrogens is 464 g/mol. The second-order valence-electron chi connectivity index (χ2n) is 9.76. The number of morpholine rings is 2. The van der Waals surface area contributed by atoms with Gasteiger partial charge in [0.25, 0.3) is 0 Å². The fourth-order valence-corrected chi connectivity index (χ4v) is 4.15. The third-order valence-electron chi connectivity index (χ3n) is 5.86. The summed E-state index contributed by atoms with van der Waals surface area (Å²) in [5.74, 6) is 1.67. The number of carbonyl (C=O) groups is 1. The fourth-order valence-electron chi connectivity index (χ4n) is 4.15. The summed E-state index contributed by atoms with van der Waals surface area (Å²) in [6.07, 6.45) is 1.04. The zero-order valence-electron chi connectivity index (χ0n) is 20.9. The Bertz CT molecular complexity index is 1200. The van der Waals surface area contributed by atoms with E-state index in [0.717, 1.165) is 11.0 Å². The number of para-hydroxylation sites is 2. The maximum absolute atomic E-state index is 12.1. The molecule has 0 aliphatic carbocycles. The maximum atomic E-state index is 12.1. The van der Waals surface area contributed by atoms with Crippen LogP contribution in [0.3, 0.4) is 0 Å². The van der Waals surface area contributed by atoms with Gasteiger partial charge in [0.2, 0.25) is 17.8 Å². The number of hydrogen-bond acceptors (Lipinski definition) is 10. The minimum absolute atomic E-state index is 0.229. The molecule has 1 N–H and O–H groups in total. The van der Waals surface area contributed by atoms with Crippen molar-refractivity contribution < 1.29 is 19.0 Å². The van der Waals surface area contributed by atoms with E-state index >= 15 is 0 Å². The molecule has 2 aromatic heterocycles. The molecule has 192 valence electrons. The van der Waals surface area contributed by atoms with Gasteiger partial charge in [-0.2, -0.15) is 15.0 Å². The van der Waals surface area contributed by atoms with Gasteiger partial charge in [-0.05, 0) is 32.9 Å². The standard InChI is InChI=1S/C24H32N8O4/c1-24(2,3)36-23(33)25-14-17-15-31(10-13-35-17)21-27-20(30-8-11-34-12-9-30)28-22(29-21)32-16-26-18-6-4-5-7-19(18)32/h4-7,16-17H,8-15H2,1-3H3,(H,25,33). The van der Waals surface area contributed by atoms with Crippen LogP contribution < -0.4 is 15.1 Å². The Balaban J connectivity index is 1.39. The van der Waals surface area contributed by atoms with E-state index in [1.165, 1.54) is 0 Å². The van der Waals surface area contributed by atoms with Crippen LogP contribution in [0.15, 0.2) is 30.6 Å². The Morgan fingerprint density at radius 3 is 2.50 bits per heavy atom. The second kappa shape index (κ2) is 10.2. The van der Waals surface area contributed by atoms with Crippen molar-refractivity contribution in [1.82, 2.24) is 29.8 Å². The van der Waals surface area contributed by atoms with Gasteiger partial charge in [0, 0.05) is 32.7 Å². The van der Waals surface area contributed by atoms with Crippen molar-refractivity contribution in [2.24, 2.45) is 0 Å². The number of carbonyl (C=O) groups excluding carboxylic acids is 1. The first-order valence-electron chi connectivity index (χ1n) is 12.2. The van der Waals surface area contributed by atoms with Gasteiger partial charge in [0.15, 0.2) is 0 Å². The lowest BCUT2D eigenvalue weighted by Crippen LogP contribution is -2.49. The molecule has 12 nitrogen and oxygen atoms in total. The van der Waals surface area contributed by atoms with Gasteiger partial charge in [-0.15, -0.1) is 0 Å². The molecule has 2 saturated heterocycles. The molecule has 1 amide bonds.